The van der Waals surface area contributed by atoms with Crippen molar-refractivity contribution in [3.05, 3.63) is 73.6 Å². The van der Waals surface area contributed by atoms with Crippen LogP contribution in [0.3, 0.4) is 0 Å². The molecule has 0 fully saturated rings. The third-order valence-corrected chi connectivity index (χ3v) is 7.96. The molecule has 27 heavy (non-hydrogen) atoms. The van der Waals surface area contributed by atoms with Gasteiger partial charge in [-0.15, -0.1) is 0 Å². The number of benzene rings is 2. The molecule has 9 heteroatoms. The summed E-state index contributed by atoms with van der Waals surface area (Å²) >= 11 is 12.8. The molecule has 2 atom stereocenters. The van der Waals surface area contributed by atoms with Gasteiger partial charge in [-0.05, 0) is 62.5 Å². The van der Waals surface area contributed by atoms with Crippen LogP contribution in [-0.2, 0) is 19.6 Å². The third-order valence-electron chi connectivity index (χ3n) is 4.03. The van der Waals surface area contributed by atoms with E-state index < -0.39 is 28.1 Å². The van der Waals surface area contributed by atoms with Crippen LogP contribution in [0.1, 0.15) is 17.2 Å². The maximum atomic E-state index is 12.9. The van der Waals surface area contributed by atoms with Crippen LogP contribution in [-0.4, -0.2) is 20.5 Å². The van der Waals surface area contributed by atoms with Gasteiger partial charge in [0, 0.05) is 5.02 Å². The number of carbonyl (C=O) groups is 1. The van der Waals surface area contributed by atoms with Gasteiger partial charge in [0.15, 0.2) is 6.10 Å². The fraction of sp³-hybridized carbons (Fsp3) is 0.167. The fourth-order valence-corrected chi connectivity index (χ4v) is 4.93. The van der Waals surface area contributed by atoms with Crippen molar-refractivity contribution >= 4 is 59.5 Å². The zero-order valence-electron chi connectivity index (χ0n) is 13.9. The summed E-state index contributed by atoms with van der Waals surface area (Å²) in [5, 5.41) is 0.355. The first-order chi connectivity index (χ1) is 12.7. The summed E-state index contributed by atoms with van der Waals surface area (Å²) in [6, 6.07) is 12.3. The number of nitrogens with one attached hydrogen (secondary N) is 1. The number of ether oxygens (including phenoxy) is 1. The topological polar surface area (TPSA) is 72.5 Å². The normalized spacial score (nSPS) is 18.5. The van der Waals surface area contributed by atoms with E-state index in [0.717, 1.165) is 5.56 Å². The molecule has 0 unspecified atom stereocenters. The molecule has 5 nitrogen and oxygen atoms in total. The van der Waals surface area contributed by atoms with Crippen LogP contribution >= 0.6 is 43.5 Å². The zero-order valence-corrected chi connectivity index (χ0v) is 18.7. The molecule has 0 saturated heterocycles. The molecule has 3 rings (SSSR count). The minimum Gasteiger partial charge on any atom is -0.451 e. The monoisotopic (exact) mass is 533 g/mol. The molecular formula is C18H14Br2ClNO4S. The number of esters is 1. The molecule has 1 aliphatic rings. The van der Waals surface area contributed by atoms with E-state index in [1.54, 1.807) is 36.4 Å². The molecule has 1 N–H and O–H groups in total. The number of halogens is 3. The van der Waals surface area contributed by atoms with Crippen molar-refractivity contribution in [1.29, 1.82) is 0 Å². The lowest BCUT2D eigenvalue weighted by Crippen LogP contribution is -2.37. The van der Waals surface area contributed by atoms with E-state index in [1.165, 1.54) is 12.1 Å². The van der Waals surface area contributed by atoms with Crippen molar-refractivity contribution in [3.63, 3.8) is 0 Å². The number of cyclic esters (lactones) is 1. The van der Waals surface area contributed by atoms with Crippen LogP contribution in [0.4, 0.5) is 0 Å². The molecule has 0 spiro atoms. The van der Waals surface area contributed by atoms with E-state index in [2.05, 4.69) is 36.6 Å². The van der Waals surface area contributed by atoms with Crippen LogP contribution in [0, 0.1) is 6.92 Å². The van der Waals surface area contributed by atoms with E-state index in [9.17, 15) is 13.2 Å². The molecule has 0 saturated carbocycles. The Kier molecular flexibility index (Phi) is 6.12. The van der Waals surface area contributed by atoms with Gasteiger partial charge >= 0.3 is 5.97 Å². The Balaban J connectivity index is 2.05. The average Bonchev–Trinajstić information content (AvgIpc) is 2.88. The van der Waals surface area contributed by atoms with E-state index in [-0.39, 0.29) is 9.38 Å². The van der Waals surface area contributed by atoms with Gasteiger partial charge in [-0.1, -0.05) is 47.5 Å². The summed E-state index contributed by atoms with van der Waals surface area (Å²) in [4.78, 5) is 12.0. The van der Waals surface area contributed by atoms with Gasteiger partial charge in [0.05, 0.1) is 15.4 Å². The second kappa shape index (κ2) is 8.05. The van der Waals surface area contributed by atoms with Gasteiger partial charge < -0.3 is 4.74 Å². The predicted molar refractivity (Wildman–Crippen MR) is 110 cm³/mol. The molecule has 0 aromatic heterocycles. The molecule has 1 aliphatic heterocycles. The summed E-state index contributed by atoms with van der Waals surface area (Å²) in [5.41, 5.74) is 1.43. The van der Waals surface area contributed by atoms with Crippen LogP contribution in [0.2, 0.25) is 5.02 Å². The van der Waals surface area contributed by atoms with E-state index in [1.807, 2.05) is 6.92 Å². The van der Waals surface area contributed by atoms with E-state index in [4.69, 9.17) is 16.3 Å². The number of hydrogen-bond donors (Lipinski definition) is 1. The fourth-order valence-electron chi connectivity index (χ4n) is 2.62. The van der Waals surface area contributed by atoms with Crippen molar-refractivity contribution in [2.45, 2.75) is 24.0 Å². The molecule has 0 bridgehead atoms. The number of carbonyl (C=O) groups excluding carboxylic acids is 1. The van der Waals surface area contributed by atoms with Crippen molar-refractivity contribution in [1.82, 2.24) is 4.72 Å². The molecule has 0 amide bonds. The molecular weight excluding hydrogens is 522 g/mol. The Hall–Kier alpha value is -1.19. The van der Waals surface area contributed by atoms with Gasteiger partial charge in [-0.2, -0.15) is 4.72 Å². The first-order valence-corrected chi connectivity index (χ1v) is 11.2. The Bertz CT molecular complexity index is 1020. The molecule has 2 aromatic rings. The summed E-state index contributed by atoms with van der Waals surface area (Å²) in [5.74, 6) is -0.585. The molecule has 142 valence electrons. The van der Waals surface area contributed by atoms with Crippen LogP contribution in [0.15, 0.2) is 62.4 Å². The first kappa shape index (κ1) is 20.5. The van der Waals surface area contributed by atoms with Gasteiger partial charge in [-0.25, -0.2) is 13.2 Å². The van der Waals surface area contributed by atoms with Gasteiger partial charge in [0.25, 0.3) is 0 Å². The van der Waals surface area contributed by atoms with E-state index >= 15 is 0 Å². The van der Waals surface area contributed by atoms with Crippen LogP contribution in [0.25, 0.3) is 0 Å². The second-order valence-corrected chi connectivity index (χ2v) is 9.69. The van der Waals surface area contributed by atoms with E-state index in [0.29, 0.717) is 15.1 Å². The Labute approximate surface area is 179 Å². The lowest BCUT2D eigenvalue weighted by atomic mass is 10.0. The summed E-state index contributed by atoms with van der Waals surface area (Å²) in [6.07, 6.45) is -0.896. The molecule has 2 aromatic carbocycles. The Morgan fingerprint density at radius 3 is 2.30 bits per heavy atom. The quantitative estimate of drug-likeness (QED) is 0.569. The molecule has 0 radical (unpaired) electrons. The largest absolute Gasteiger partial charge is 0.451 e. The highest BCUT2D eigenvalue weighted by Crippen LogP contribution is 2.40. The lowest BCUT2D eigenvalue weighted by molar-refractivity contribution is -0.139. The standard InChI is InChI=1S/C18H14Br2ClNO4S/c1-10-6-8-11(9-7-10)27(24,25)22-16(12-4-2-3-5-13(12)21)17-14(19)15(20)18(23)26-17/h2-9,16-17,22H,1H3/t16-,17-/m1/s1. The van der Waals surface area contributed by atoms with Crippen molar-refractivity contribution in [2.24, 2.45) is 0 Å². The van der Waals surface area contributed by atoms with Crippen LogP contribution in [0.5, 0.6) is 0 Å². The number of hydrogen-bond acceptors (Lipinski definition) is 4. The average molecular weight is 536 g/mol. The van der Waals surface area contributed by atoms with Crippen molar-refractivity contribution in [3.8, 4) is 0 Å². The minimum atomic E-state index is -3.90. The smallest absolute Gasteiger partial charge is 0.346 e. The SMILES string of the molecule is Cc1ccc(S(=O)(=O)N[C@H](c2ccccc2Cl)[C@@H]2OC(=O)C(Br)=C2Br)cc1. The van der Waals surface area contributed by atoms with Gasteiger partial charge in [0.1, 0.15) is 4.48 Å². The minimum absolute atomic E-state index is 0.105. The molecule has 0 aliphatic carbocycles. The maximum absolute atomic E-state index is 12.9. The highest BCUT2D eigenvalue weighted by molar-refractivity contribution is 9.14. The predicted octanol–water partition coefficient (Wildman–Crippen LogP) is 4.59. The maximum Gasteiger partial charge on any atom is 0.346 e. The first-order valence-electron chi connectivity index (χ1n) is 7.80. The number of aryl methyl sites for hydroxylation is 1. The number of rotatable bonds is 5. The Morgan fingerprint density at radius 1 is 1.11 bits per heavy atom. The Morgan fingerprint density at radius 2 is 1.74 bits per heavy atom. The summed E-state index contributed by atoms with van der Waals surface area (Å²) in [7, 11) is -3.90. The highest BCUT2D eigenvalue weighted by Gasteiger charge is 2.40. The summed E-state index contributed by atoms with van der Waals surface area (Å²) in [6.45, 7) is 1.87. The zero-order chi connectivity index (χ0) is 19.8. The van der Waals surface area contributed by atoms with Crippen molar-refractivity contribution < 1.29 is 17.9 Å². The third kappa shape index (κ3) is 4.30. The number of sulfonamides is 1. The lowest BCUT2D eigenvalue weighted by Gasteiger charge is -2.25. The second-order valence-electron chi connectivity index (χ2n) is 5.92. The van der Waals surface area contributed by atoms with Gasteiger partial charge in [0.2, 0.25) is 10.0 Å². The molecule has 1 heterocycles. The van der Waals surface area contributed by atoms with Crippen molar-refractivity contribution in [2.75, 3.05) is 0 Å². The van der Waals surface area contributed by atoms with Gasteiger partial charge in [-0.3, -0.25) is 0 Å². The van der Waals surface area contributed by atoms with Crippen LogP contribution < -0.4 is 4.72 Å². The summed E-state index contributed by atoms with van der Waals surface area (Å²) < 4.78 is 34.5. The highest BCUT2D eigenvalue weighted by atomic mass is 79.9.